The van der Waals surface area contributed by atoms with Crippen LogP contribution in [0.4, 0.5) is 19.0 Å². The summed E-state index contributed by atoms with van der Waals surface area (Å²) in [6.07, 6.45) is -2.87. The van der Waals surface area contributed by atoms with Crippen molar-refractivity contribution in [3.63, 3.8) is 0 Å². The maximum Gasteiger partial charge on any atom is 0.401 e. The Kier molecular flexibility index (Phi) is 4.88. The number of alkyl halides is 3. The highest BCUT2D eigenvalue weighted by Crippen LogP contribution is 2.17. The number of rotatable bonds is 4. The smallest absolute Gasteiger partial charge is 0.309 e. The number of carbonyl (C=O) groups excluding carboxylic acids is 1. The topological polar surface area (TPSA) is 54.0 Å². The van der Waals surface area contributed by atoms with Crippen LogP contribution in [0.2, 0.25) is 0 Å². The fraction of sp³-hybridized carbons (Fsp3) is 0.333. The standard InChI is InChI=1S/C9H9BrF3N3O/c10-6-2-1-3-15-8(6)16-7(17)4-14-5-9(11,12)13/h1-3,14H,4-5H2,(H,15,16,17). The second-order valence-electron chi connectivity index (χ2n) is 3.10. The summed E-state index contributed by atoms with van der Waals surface area (Å²) in [6.45, 7) is -1.63. The van der Waals surface area contributed by atoms with Crippen LogP contribution in [0.15, 0.2) is 22.8 Å². The lowest BCUT2D eigenvalue weighted by atomic mass is 10.4. The fourth-order valence-electron chi connectivity index (χ4n) is 0.972. The summed E-state index contributed by atoms with van der Waals surface area (Å²) in [7, 11) is 0. The lowest BCUT2D eigenvalue weighted by Crippen LogP contribution is -2.35. The summed E-state index contributed by atoms with van der Waals surface area (Å²) in [5.74, 6) is -0.319. The van der Waals surface area contributed by atoms with Crippen LogP contribution in [0, 0.1) is 0 Å². The average Bonchev–Trinajstić information content (AvgIpc) is 2.19. The highest BCUT2D eigenvalue weighted by molar-refractivity contribution is 9.10. The van der Waals surface area contributed by atoms with Crippen LogP contribution in [-0.4, -0.2) is 30.2 Å². The molecule has 17 heavy (non-hydrogen) atoms. The summed E-state index contributed by atoms with van der Waals surface area (Å²) < 4.78 is 35.9. The SMILES string of the molecule is O=C(CNCC(F)(F)F)Nc1ncccc1Br. The van der Waals surface area contributed by atoms with Gasteiger partial charge in [0, 0.05) is 6.20 Å². The monoisotopic (exact) mass is 311 g/mol. The van der Waals surface area contributed by atoms with Crippen LogP contribution in [-0.2, 0) is 4.79 Å². The minimum absolute atomic E-state index is 0.270. The molecule has 2 N–H and O–H groups in total. The van der Waals surface area contributed by atoms with Gasteiger partial charge in [0.1, 0.15) is 5.82 Å². The highest BCUT2D eigenvalue weighted by atomic mass is 79.9. The maximum atomic E-state index is 11.8. The molecule has 1 aromatic rings. The molecule has 1 heterocycles. The van der Waals surface area contributed by atoms with Crippen LogP contribution in [0.3, 0.4) is 0 Å². The zero-order chi connectivity index (χ0) is 12.9. The number of nitrogens with zero attached hydrogens (tertiary/aromatic N) is 1. The van der Waals surface area contributed by atoms with Gasteiger partial charge in [-0.15, -0.1) is 0 Å². The van der Waals surface area contributed by atoms with Crippen molar-refractivity contribution < 1.29 is 18.0 Å². The first-order valence-corrected chi connectivity index (χ1v) is 5.35. The molecule has 94 valence electrons. The van der Waals surface area contributed by atoms with Crippen LogP contribution in [0.25, 0.3) is 0 Å². The van der Waals surface area contributed by atoms with Gasteiger partial charge in [0.05, 0.1) is 17.6 Å². The number of hydrogen-bond acceptors (Lipinski definition) is 3. The van der Waals surface area contributed by atoms with E-state index in [1.807, 2.05) is 5.32 Å². The second-order valence-corrected chi connectivity index (χ2v) is 3.96. The molecule has 0 aromatic carbocycles. The molecule has 0 aliphatic heterocycles. The number of anilines is 1. The molecule has 0 radical (unpaired) electrons. The van der Waals surface area contributed by atoms with E-state index in [0.29, 0.717) is 4.47 Å². The van der Waals surface area contributed by atoms with Gasteiger partial charge in [-0.05, 0) is 28.1 Å². The second kappa shape index (κ2) is 5.97. The first-order chi connectivity index (χ1) is 7.88. The van der Waals surface area contributed by atoms with Crippen molar-refractivity contribution in [1.82, 2.24) is 10.3 Å². The van der Waals surface area contributed by atoms with Crippen LogP contribution < -0.4 is 10.6 Å². The Bertz CT molecular complexity index is 397. The first-order valence-electron chi connectivity index (χ1n) is 4.56. The van der Waals surface area contributed by atoms with E-state index in [4.69, 9.17) is 0 Å². The van der Waals surface area contributed by atoms with Crippen molar-refractivity contribution in [1.29, 1.82) is 0 Å². The Balaban J connectivity index is 2.38. The van der Waals surface area contributed by atoms with Crippen molar-refractivity contribution in [2.45, 2.75) is 6.18 Å². The molecule has 4 nitrogen and oxygen atoms in total. The molecule has 0 unspecified atom stereocenters. The van der Waals surface area contributed by atoms with E-state index >= 15 is 0 Å². The van der Waals surface area contributed by atoms with Gasteiger partial charge >= 0.3 is 6.18 Å². The molecule has 0 spiro atoms. The Morgan fingerprint density at radius 2 is 2.18 bits per heavy atom. The van der Waals surface area contributed by atoms with Crippen molar-refractivity contribution in [2.24, 2.45) is 0 Å². The van der Waals surface area contributed by atoms with E-state index in [2.05, 4.69) is 26.2 Å². The van der Waals surface area contributed by atoms with Gasteiger partial charge in [-0.2, -0.15) is 13.2 Å². The summed E-state index contributed by atoms with van der Waals surface area (Å²) in [5, 5.41) is 4.35. The Morgan fingerprint density at radius 3 is 2.76 bits per heavy atom. The molecule has 1 rings (SSSR count). The number of halogens is 4. The maximum absolute atomic E-state index is 11.8. The Morgan fingerprint density at radius 1 is 1.47 bits per heavy atom. The van der Waals surface area contributed by atoms with Crippen LogP contribution >= 0.6 is 15.9 Å². The largest absolute Gasteiger partial charge is 0.401 e. The molecule has 0 aliphatic carbocycles. The van der Waals surface area contributed by atoms with E-state index in [9.17, 15) is 18.0 Å². The van der Waals surface area contributed by atoms with Gasteiger partial charge in [0.25, 0.3) is 0 Å². The van der Waals surface area contributed by atoms with Gasteiger partial charge in [0.2, 0.25) is 5.91 Å². The molecule has 8 heteroatoms. The zero-order valence-corrected chi connectivity index (χ0v) is 10.1. The van der Waals surface area contributed by atoms with E-state index in [-0.39, 0.29) is 5.82 Å². The predicted molar refractivity (Wildman–Crippen MR) is 59.5 cm³/mol. The number of pyridine rings is 1. The molecule has 0 saturated carbocycles. The summed E-state index contributed by atoms with van der Waals surface area (Å²) in [5.41, 5.74) is 0. The zero-order valence-electron chi connectivity index (χ0n) is 8.51. The molecular weight excluding hydrogens is 303 g/mol. The van der Waals surface area contributed by atoms with Gasteiger partial charge < -0.3 is 10.6 Å². The van der Waals surface area contributed by atoms with E-state index < -0.39 is 25.2 Å². The average molecular weight is 312 g/mol. The third kappa shape index (κ3) is 5.64. The molecule has 1 amide bonds. The van der Waals surface area contributed by atoms with Crippen molar-refractivity contribution in [2.75, 3.05) is 18.4 Å². The molecule has 1 aromatic heterocycles. The predicted octanol–water partition coefficient (Wildman–Crippen LogP) is 1.93. The van der Waals surface area contributed by atoms with Gasteiger partial charge in [-0.1, -0.05) is 0 Å². The molecule has 0 aliphatic rings. The number of nitrogens with one attached hydrogen (secondary N) is 2. The van der Waals surface area contributed by atoms with Crippen molar-refractivity contribution in [3.8, 4) is 0 Å². The summed E-state index contributed by atoms with van der Waals surface area (Å²) in [4.78, 5) is 15.1. The van der Waals surface area contributed by atoms with Crippen LogP contribution in [0.5, 0.6) is 0 Å². The van der Waals surface area contributed by atoms with Gasteiger partial charge in [-0.3, -0.25) is 4.79 Å². The number of amides is 1. The first kappa shape index (κ1) is 13.9. The lowest BCUT2D eigenvalue weighted by Gasteiger charge is -2.09. The van der Waals surface area contributed by atoms with Crippen molar-refractivity contribution in [3.05, 3.63) is 22.8 Å². The van der Waals surface area contributed by atoms with E-state index in [1.165, 1.54) is 6.20 Å². The van der Waals surface area contributed by atoms with Crippen LogP contribution in [0.1, 0.15) is 0 Å². The summed E-state index contributed by atoms with van der Waals surface area (Å²) >= 11 is 3.15. The minimum Gasteiger partial charge on any atom is -0.309 e. The van der Waals surface area contributed by atoms with Gasteiger partial charge in [0.15, 0.2) is 0 Å². The quantitative estimate of drug-likeness (QED) is 0.893. The van der Waals surface area contributed by atoms with E-state index in [0.717, 1.165) is 0 Å². The molecule has 0 fully saturated rings. The molecule has 0 bridgehead atoms. The molecule has 0 saturated heterocycles. The lowest BCUT2D eigenvalue weighted by molar-refractivity contribution is -0.126. The third-order valence-corrected chi connectivity index (χ3v) is 2.27. The molecule has 0 atom stereocenters. The molecular formula is C9H9BrF3N3O. The third-order valence-electron chi connectivity index (χ3n) is 1.63. The van der Waals surface area contributed by atoms with E-state index in [1.54, 1.807) is 12.1 Å². The minimum atomic E-state index is -4.33. The van der Waals surface area contributed by atoms with Gasteiger partial charge in [-0.25, -0.2) is 4.98 Å². The Labute approximate surface area is 104 Å². The fourth-order valence-corrected chi connectivity index (χ4v) is 1.33. The normalized spacial score (nSPS) is 11.3. The number of aromatic nitrogens is 1. The number of hydrogen-bond donors (Lipinski definition) is 2. The van der Waals surface area contributed by atoms with Crippen molar-refractivity contribution >= 4 is 27.7 Å². The number of carbonyl (C=O) groups is 1. The Hall–Kier alpha value is -1.15. The highest BCUT2D eigenvalue weighted by Gasteiger charge is 2.26. The summed E-state index contributed by atoms with van der Waals surface area (Å²) in [6, 6.07) is 3.31.